The molecule has 0 saturated heterocycles. The Kier molecular flexibility index (Phi) is 17.6. The lowest BCUT2D eigenvalue weighted by atomic mass is 9.87. The average Bonchev–Trinajstić information content (AvgIpc) is 2.70. The Balaban J connectivity index is 0. The normalized spacial score (nSPS) is 12.5. The molecule has 0 aromatic carbocycles. The molecule has 0 aliphatic carbocycles. The summed E-state index contributed by atoms with van der Waals surface area (Å²) in [4.78, 5) is 44.3. The molecule has 0 heterocycles. The van der Waals surface area contributed by atoms with Gasteiger partial charge >= 0.3 is 5.97 Å². The number of hydrogen-bond acceptors (Lipinski definition) is 9. The lowest BCUT2D eigenvalue weighted by molar-refractivity contribution is -0.146. The van der Waals surface area contributed by atoms with Crippen molar-refractivity contribution in [3.8, 4) is 0 Å². The molecule has 0 spiro atoms. The molecule has 0 aromatic heterocycles. The minimum Gasteiger partial charge on any atom is -0.464 e. The predicted molar refractivity (Wildman–Crippen MR) is 119 cm³/mol. The van der Waals surface area contributed by atoms with Crippen molar-refractivity contribution in [2.75, 3.05) is 37.8 Å². The first-order valence-corrected chi connectivity index (χ1v) is 10.7. The number of thiol groups is 2. The number of carbonyl (C=O) groups excluding carboxylic acids is 4. The molecule has 0 bridgehead atoms. The van der Waals surface area contributed by atoms with Crippen molar-refractivity contribution in [3.63, 3.8) is 0 Å². The Morgan fingerprint density at radius 1 is 1.10 bits per heavy atom. The highest BCUT2D eigenvalue weighted by Crippen LogP contribution is 2.19. The molecular formula is C18H35N3O7S2. The molecule has 3 amide bonds. The van der Waals surface area contributed by atoms with Crippen LogP contribution in [-0.2, 0) is 23.9 Å². The molecule has 12 heteroatoms. The first-order valence-electron chi connectivity index (χ1n) is 9.45. The van der Waals surface area contributed by atoms with Crippen LogP contribution in [-0.4, -0.2) is 83.9 Å². The number of aliphatic hydroxyl groups is 2. The van der Waals surface area contributed by atoms with Crippen LogP contribution >= 0.6 is 25.3 Å². The van der Waals surface area contributed by atoms with Crippen molar-refractivity contribution >= 4 is 48.9 Å². The lowest BCUT2D eigenvalue weighted by Crippen LogP contribution is -2.46. The first-order chi connectivity index (χ1) is 14.0. The Hall–Kier alpha value is -1.50. The van der Waals surface area contributed by atoms with Crippen molar-refractivity contribution in [2.24, 2.45) is 5.41 Å². The molecule has 0 rings (SSSR count). The van der Waals surface area contributed by atoms with Gasteiger partial charge in [-0.3, -0.25) is 14.4 Å². The Morgan fingerprint density at radius 3 is 2.13 bits per heavy atom. The van der Waals surface area contributed by atoms with Crippen molar-refractivity contribution in [1.29, 1.82) is 0 Å². The molecule has 0 saturated carbocycles. The molecule has 30 heavy (non-hydrogen) atoms. The SMILES string of the molecule is CC(C)(CO)C(O)C(=O)NCCC(=O)NCCS.CCOC(=O)C(CS)NC(C)=O. The third-order valence-corrected chi connectivity index (χ3v) is 4.20. The van der Waals surface area contributed by atoms with Gasteiger partial charge in [0.1, 0.15) is 12.1 Å². The van der Waals surface area contributed by atoms with Gasteiger partial charge in [-0.05, 0) is 6.92 Å². The molecule has 10 nitrogen and oxygen atoms in total. The summed E-state index contributed by atoms with van der Waals surface area (Å²) in [6, 6.07) is -0.634. The second kappa shape index (κ2) is 17.2. The standard InChI is InChI=1S/C11H22N2O4S.C7H13NO3S/c1-11(2,7-14)9(16)10(17)13-4-3-8(15)12-5-6-18;1-3-11-7(10)6(4-12)8-5(2)9/h9,14,16,18H,3-7H2,1-2H3,(H,12,15)(H,13,17);6,12H,3-4H2,1-2H3,(H,8,9). The van der Waals surface area contributed by atoms with Crippen LogP contribution in [0.2, 0.25) is 0 Å². The van der Waals surface area contributed by atoms with Gasteiger partial charge in [-0.1, -0.05) is 13.8 Å². The second-order valence-corrected chi connectivity index (χ2v) is 7.66. The fourth-order valence-electron chi connectivity index (χ4n) is 1.79. The van der Waals surface area contributed by atoms with Crippen LogP contribution in [0.1, 0.15) is 34.1 Å². The molecule has 5 N–H and O–H groups in total. The fraction of sp³-hybridized carbons (Fsp3) is 0.778. The number of amides is 3. The van der Waals surface area contributed by atoms with Gasteiger partial charge in [-0.25, -0.2) is 4.79 Å². The summed E-state index contributed by atoms with van der Waals surface area (Å²) in [5.74, 6) is -0.666. The fourth-order valence-corrected chi connectivity index (χ4v) is 2.14. The van der Waals surface area contributed by atoms with E-state index in [1.54, 1.807) is 20.8 Å². The largest absolute Gasteiger partial charge is 0.464 e. The zero-order valence-corrected chi connectivity index (χ0v) is 19.7. The molecule has 2 atom stereocenters. The molecular weight excluding hydrogens is 434 g/mol. The molecule has 176 valence electrons. The highest BCUT2D eigenvalue weighted by molar-refractivity contribution is 7.80. The van der Waals surface area contributed by atoms with Gasteiger partial charge in [-0.15, -0.1) is 0 Å². The first kappa shape index (κ1) is 30.7. The Labute approximate surface area is 188 Å². The van der Waals surface area contributed by atoms with Crippen LogP contribution in [0.3, 0.4) is 0 Å². The van der Waals surface area contributed by atoms with Crippen molar-refractivity contribution in [2.45, 2.75) is 46.3 Å². The van der Waals surface area contributed by atoms with Gasteiger partial charge < -0.3 is 30.9 Å². The zero-order chi connectivity index (χ0) is 23.7. The van der Waals surface area contributed by atoms with Gasteiger partial charge in [0.15, 0.2) is 0 Å². The van der Waals surface area contributed by atoms with Crippen molar-refractivity contribution in [3.05, 3.63) is 0 Å². The van der Waals surface area contributed by atoms with Crippen LogP contribution in [0.5, 0.6) is 0 Å². The highest BCUT2D eigenvalue weighted by Gasteiger charge is 2.32. The van der Waals surface area contributed by atoms with E-state index in [0.717, 1.165) is 0 Å². The highest BCUT2D eigenvalue weighted by atomic mass is 32.1. The lowest BCUT2D eigenvalue weighted by Gasteiger charge is -2.27. The third-order valence-electron chi connectivity index (χ3n) is 3.61. The summed E-state index contributed by atoms with van der Waals surface area (Å²) in [7, 11) is 0. The third kappa shape index (κ3) is 14.5. The number of hydrogen-bond donors (Lipinski definition) is 7. The van der Waals surface area contributed by atoms with E-state index < -0.39 is 29.4 Å². The second-order valence-electron chi connectivity index (χ2n) is 6.85. The summed E-state index contributed by atoms with van der Waals surface area (Å²) >= 11 is 7.85. The number of ether oxygens (including phenoxy) is 1. The van der Waals surface area contributed by atoms with Crippen LogP contribution < -0.4 is 16.0 Å². The minimum atomic E-state index is -1.30. The van der Waals surface area contributed by atoms with Gasteiger partial charge in [0.05, 0.1) is 13.2 Å². The molecule has 2 unspecified atom stereocenters. The number of carbonyl (C=O) groups is 4. The van der Waals surface area contributed by atoms with Gasteiger partial charge in [0.2, 0.25) is 17.7 Å². The number of rotatable bonds is 12. The number of esters is 1. The van der Waals surface area contributed by atoms with E-state index in [4.69, 9.17) is 9.84 Å². The summed E-state index contributed by atoms with van der Waals surface area (Å²) in [6.45, 7) is 6.85. The summed E-state index contributed by atoms with van der Waals surface area (Å²) in [6.07, 6.45) is -1.16. The van der Waals surface area contributed by atoms with E-state index >= 15 is 0 Å². The monoisotopic (exact) mass is 469 g/mol. The molecule has 0 fully saturated rings. The maximum absolute atomic E-state index is 11.5. The van der Waals surface area contributed by atoms with Crippen LogP contribution in [0.4, 0.5) is 0 Å². The van der Waals surface area contributed by atoms with E-state index in [-0.39, 0.29) is 37.1 Å². The molecule has 0 aromatic rings. The van der Waals surface area contributed by atoms with Crippen LogP contribution in [0.15, 0.2) is 0 Å². The topological polar surface area (TPSA) is 154 Å². The summed E-state index contributed by atoms with van der Waals surface area (Å²) < 4.78 is 4.69. The number of nitrogens with one attached hydrogen (secondary N) is 3. The van der Waals surface area contributed by atoms with E-state index in [1.807, 2.05) is 0 Å². The number of aliphatic hydroxyl groups excluding tert-OH is 2. The van der Waals surface area contributed by atoms with Crippen molar-refractivity contribution in [1.82, 2.24) is 16.0 Å². The summed E-state index contributed by atoms with van der Waals surface area (Å²) in [5.41, 5.74) is -0.904. The van der Waals surface area contributed by atoms with Gasteiger partial charge in [0, 0.05) is 43.4 Å². The quantitative estimate of drug-likeness (QED) is 0.141. The van der Waals surface area contributed by atoms with E-state index in [1.165, 1.54) is 6.92 Å². The molecule has 0 aliphatic rings. The molecule has 0 aliphatic heterocycles. The zero-order valence-electron chi connectivity index (χ0n) is 17.9. The van der Waals surface area contributed by atoms with E-state index in [0.29, 0.717) is 18.9 Å². The minimum absolute atomic E-state index is 0.145. The average molecular weight is 470 g/mol. The summed E-state index contributed by atoms with van der Waals surface area (Å²) in [5, 5.41) is 26.2. The maximum Gasteiger partial charge on any atom is 0.329 e. The van der Waals surface area contributed by atoms with Crippen LogP contribution in [0, 0.1) is 5.41 Å². The van der Waals surface area contributed by atoms with Gasteiger partial charge in [-0.2, -0.15) is 25.3 Å². The Morgan fingerprint density at radius 2 is 1.70 bits per heavy atom. The van der Waals surface area contributed by atoms with Crippen LogP contribution in [0.25, 0.3) is 0 Å². The van der Waals surface area contributed by atoms with E-state index in [2.05, 4.69) is 41.2 Å². The van der Waals surface area contributed by atoms with Crippen molar-refractivity contribution < 1.29 is 34.1 Å². The van der Waals surface area contributed by atoms with E-state index in [9.17, 15) is 24.3 Å². The smallest absolute Gasteiger partial charge is 0.329 e. The Bertz CT molecular complexity index is 548. The van der Waals surface area contributed by atoms with Gasteiger partial charge in [0.25, 0.3) is 0 Å². The maximum atomic E-state index is 11.5. The molecule has 0 radical (unpaired) electrons. The predicted octanol–water partition coefficient (Wildman–Crippen LogP) is -1.10.